The van der Waals surface area contributed by atoms with E-state index in [1.807, 2.05) is 36.4 Å². The number of nitrogens with zero attached hydrogens (tertiary/aromatic N) is 1. The molecular formula is C24H21NO. The smallest absolute Gasteiger partial charge is 0.242 e. The van der Waals surface area contributed by atoms with E-state index in [0.717, 1.165) is 36.1 Å². The molecule has 2 heterocycles. The molecule has 0 bridgehead atoms. The number of hydrogen-bond donors (Lipinski definition) is 0. The van der Waals surface area contributed by atoms with Gasteiger partial charge < -0.3 is 4.90 Å². The van der Waals surface area contributed by atoms with Crippen LogP contribution in [0.4, 0.5) is 0 Å². The SMILES string of the molecule is O=C1N2CCCC2c2ccccc2C1(c1ccccc1)c1ccccc1. The van der Waals surface area contributed by atoms with Gasteiger partial charge in [-0.15, -0.1) is 0 Å². The van der Waals surface area contributed by atoms with Crippen molar-refractivity contribution >= 4 is 5.91 Å². The minimum atomic E-state index is -0.764. The van der Waals surface area contributed by atoms with Crippen LogP contribution in [0.1, 0.15) is 41.1 Å². The lowest BCUT2D eigenvalue weighted by Gasteiger charge is -2.45. The van der Waals surface area contributed by atoms with E-state index in [4.69, 9.17) is 0 Å². The highest BCUT2D eigenvalue weighted by Crippen LogP contribution is 2.51. The molecule has 0 aliphatic carbocycles. The molecule has 1 fully saturated rings. The molecule has 5 rings (SSSR count). The first kappa shape index (κ1) is 15.4. The van der Waals surface area contributed by atoms with E-state index >= 15 is 0 Å². The van der Waals surface area contributed by atoms with E-state index < -0.39 is 5.41 Å². The molecular weight excluding hydrogens is 318 g/mol. The van der Waals surface area contributed by atoms with Crippen molar-refractivity contribution < 1.29 is 4.79 Å². The maximum absolute atomic E-state index is 14.0. The van der Waals surface area contributed by atoms with Gasteiger partial charge >= 0.3 is 0 Å². The van der Waals surface area contributed by atoms with Gasteiger partial charge in [-0.1, -0.05) is 84.9 Å². The van der Waals surface area contributed by atoms with Gasteiger partial charge in [-0.2, -0.15) is 0 Å². The Labute approximate surface area is 154 Å². The second kappa shape index (κ2) is 5.84. The van der Waals surface area contributed by atoms with Crippen molar-refractivity contribution in [1.82, 2.24) is 4.90 Å². The minimum absolute atomic E-state index is 0.219. The summed E-state index contributed by atoms with van der Waals surface area (Å²) in [6.07, 6.45) is 2.13. The second-order valence-electron chi connectivity index (χ2n) is 7.23. The molecule has 2 aliphatic heterocycles. The highest BCUT2D eigenvalue weighted by atomic mass is 16.2. The third kappa shape index (κ3) is 1.96. The molecule has 2 heteroatoms. The molecule has 2 nitrogen and oxygen atoms in total. The molecule has 26 heavy (non-hydrogen) atoms. The van der Waals surface area contributed by atoms with E-state index in [0.29, 0.717) is 0 Å². The van der Waals surface area contributed by atoms with Crippen LogP contribution in [0.3, 0.4) is 0 Å². The number of rotatable bonds is 2. The predicted octanol–water partition coefficient (Wildman–Crippen LogP) is 4.70. The highest BCUT2D eigenvalue weighted by Gasteiger charge is 2.53. The molecule has 0 radical (unpaired) electrons. The van der Waals surface area contributed by atoms with E-state index in [-0.39, 0.29) is 11.9 Å². The summed E-state index contributed by atoms with van der Waals surface area (Å²) >= 11 is 0. The van der Waals surface area contributed by atoms with Crippen LogP contribution < -0.4 is 0 Å². The van der Waals surface area contributed by atoms with Gasteiger partial charge in [0, 0.05) is 6.54 Å². The van der Waals surface area contributed by atoms with Crippen molar-refractivity contribution in [3.63, 3.8) is 0 Å². The fraction of sp³-hybridized carbons (Fsp3) is 0.208. The zero-order chi connectivity index (χ0) is 17.6. The average molecular weight is 339 g/mol. The van der Waals surface area contributed by atoms with E-state index in [1.165, 1.54) is 5.56 Å². The maximum atomic E-state index is 14.0. The van der Waals surface area contributed by atoms with E-state index in [9.17, 15) is 4.79 Å². The Bertz CT molecular complexity index is 909. The topological polar surface area (TPSA) is 20.3 Å². The molecule has 1 amide bonds. The molecule has 3 aromatic rings. The number of fused-ring (bicyclic) bond motifs is 3. The molecule has 2 aliphatic rings. The Morgan fingerprint density at radius 2 is 1.35 bits per heavy atom. The first-order valence-corrected chi connectivity index (χ1v) is 9.35. The highest BCUT2D eigenvalue weighted by molar-refractivity contribution is 5.98. The van der Waals surface area contributed by atoms with Crippen LogP contribution in [-0.4, -0.2) is 17.4 Å². The summed E-state index contributed by atoms with van der Waals surface area (Å²) in [5.74, 6) is 0.219. The standard InChI is InChI=1S/C24H21NO/c26-23-24(18-10-3-1-4-11-18,19-12-5-2-6-13-19)21-15-8-7-14-20(21)22-16-9-17-25(22)23/h1-8,10-15,22H,9,16-17H2. The molecule has 1 unspecified atom stereocenters. The van der Waals surface area contributed by atoms with Crippen LogP contribution in [0.2, 0.25) is 0 Å². The molecule has 1 atom stereocenters. The maximum Gasteiger partial charge on any atom is 0.242 e. The normalized spacial score (nSPS) is 20.5. The summed E-state index contributed by atoms with van der Waals surface area (Å²) in [5.41, 5.74) is 3.78. The van der Waals surface area contributed by atoms with Crippen molar-refractivity contribution in [3.05, 3.63) is 107 Å². The summed E-state index contributed by atoms with van der Waals surface area (Å²) in [6.45, 7) is 0.846. The summed E-state index contributed by atoms with van der Waals surface area (Å²) in [4.78, 5) is 16.1. The Morgan fingerprint density at radius 1 is 0.769 bits per heavy atom. The third-order valence-electron chi connectivity index (χ3n) is 5.97. The largest absolute Gasteiger partial charge is 0.334 e. The third-order valence-corrected chi connectivity index (χ3v) is 5.97. The van der Waals surface area contributed by atoms with Gasteiger partial charge in [-0.05, 0) is 35.1 Å². The van der Waals surface area contributed by atoms with Crippen LogP contribution >= 0.6 is 0 Å². The van der Waals surface area contributed by atoms with Crippen LogP contribution in [0, 0.1) is 0 Å². The van der Waals surface area contributed by atoms with Gasteiger partial charge in [0.25, 0.3) is 0 Å². The molecule has 0 aromatic heterocycles. The van der Waals surface area contributed by atoms with Gasteiger partial charge in [0.1, 0.15) is 5.41 Å². The van der Waals surface area contributed by atoms with Crippen molar-refractivity contribution in [2.45, 2.75) is 24.3 Å². The van der Waals surface area contributed by atoms with Gasteiger partial charge in [0.05, 0.1) is 6.04 Å². The van der Waals surface area contributed by atoms with Crippen molar-refractivity contribution in [2.24, 2.45) is 0 Å². The lowest BCUT2D eigenvalue weighted by atomic mass is 9.64. The Hall–Kier alpha value is -2.87. The first-order valence-electron chi connectivity index (χ1n) is 9.35. The number of hydrogen-bond acceptors (Lipinski definition) is 1. The molecule has 0 saturated carbocycles. The Balaban J connectivity index is 1.90. The van der Waals surface area contributed by atoms with Crippen LogP contribution in [0.25, 0.3) is 0 Å². The molecule has 1 saturated heterocycles. The fourth-order valence-electron chi connectivity index (χ4n) is 4.89. The summed E-state index contributed by atoms with van der Waals surface area (Å²) in [6, 6.07) is 29.3. The second-order valence-corrected chi connectivity index (χ2v) is 7.23. The van der Waals surface area contributed by atoms with E-state index in [1.54, 1.807) is 0 Å². The molecule has 0 spiro atoms. The van der Waals surface area contributed by atoms with Gasteiger partial charge in [-0.25, -0.2) is 0 Å². The zero-order valence-electron chi connectivity index (χ0n) is 14.6. The van der Waals surface area contributed by atoms with Crippen LogP contribution in [-0.2, 0) is 10.2 Å². The molecule has 0 N–H and O–H groups in total. The van der Waals surface area contributed by atoms with Gasteiger partial charge in [0.2, 0.25) is 5.91 Å². The van der Waals surface area contributed by atoms with Crippen molar-refractivity contribution in [2.75, 3.05) is 6.54 Å². The van der Waals surface area contributed by atoms with E-state index in [2.05, 4.69) is 53.4 Å². The Kier molecular flexibility index (Phi) is 3.46. The molecule has 128 valence electrons. The molecule has 3 aromatic carbocycles. The van der Waals surface area contributed by atoms with Gasteiger partial charge in [-0.3, -0.25) is 4.79 Å². The van der Waals surface area contributed by atoms with Crippen molar-refractivity contribution in [1.29, 1.82) is 0 Å². The first-order chi connectivity index (χ1) is 12.8. The zero-order valence-corrected chi connectivity index (χ0v) is 14.6. The quantitative estimate of drug-likeness (QED) is 0.663. The van der Waals surface area contributed by atoms with Crippen LogP contribution in [0.5, 0.6) is 0 Å². The number of benzene rings is 3. The Morgan fingerprint density at radius 3 is 2.00 bits per heavy atom. The number of amides is 1. The summed E-state index contributed by atoms with van der Waals surface area (Å²) in [5, 5.41) is 0. The fourth-order valence-corrected chi connectivity index (χ4v) is 4.89. The average Bonchev–Trinajstić information content (AvgIpc) is 3.21. The number of carbonyl (C=O) groups excluding carboxylic acids is 1. The predicted molar refractivity (Wildman–Crippen MR) is 103 cm³/mol. The number of carbonyl (C=O) groups is 1. The summed E-state index contributed by atoms with van der Waals surface area (Å²) < 4.78 is 0. The lowest BCUT2D eigenvalue weighted by Crippen LogP contribution is -2.52. The van der Waals surface area contributed by atoms with Gasteiger partial charge in [0.15, 0.2) is 0 Å². The monoisotopic (exact) mass is 339 g/mol. The lowest BCUT2D eigenvalue weighted by molar-refractivity contribution is -0.136. The minimum Gasteiger partial charge on any atom is -0.334 e. The summed E-state index contributed by atoms with van der Waals surface area (Å²) in [7, 11) is 0. The van der Waals surface area contributed by atoms with Crippen molar-refractivity contribution in [3.8, 4) is 0 Å². The van der Waals surface area contributed by atoms with Crippen LogP contribution in [0.15, 0.2) is 84.9 Å².